The van der Waals surface area contributed by atoms with Crippen molar-refractivity contribution in [2.75, 3.05) is 23.8 Å². The summed E-state index contributed by atoms with van der Waals surface area (Å²) in [4.78, 5) is 11.2. The van der Waals surface area contributed by atoms with Crippen molar-refractivity contribution in [3.63, 3.8) is 0 Å². The molecule has 0 saturated heterocycles. The van der Waals surface area contributed by atoms with Crippen molar-refractivity contribution in [1.29, 1.82) is 0 Å². The van der Waals surface area contributed by atoms with Crippen LogP contribution in [-0.4, -0.2) is 34.6 Å². The van der Waals surface area contributed by atoms with Crippen LogP contribution in [0, 0.1) is 0 Å². The highest BCUT2D eigenvalue weighted by Gasteiger charge is 2.39. The first-order chi connectivity index (χ1) is 12.9. The molecule has 0 unspecified atom stereocenters. The maximum absolute atomic E-state index is 13.4. The van der Waals surface area contributed by atoms with Gasteiger partial charge in [0.15, 0.2) is 0 Å². The zero-order valence-corrected chi connectivity index (χ0v) is 16.2. The number of sulfonamides is 1. The molecule has 1 aliphatic carbocycles. The normalized spacial score (nSPS) is 13.7. The number of rotatable bonds is 7. The second kappa shape index (κ2) is 7.48. The van der Waals surface area contributed by atoms with Crippen LogP contribution in [0.1, 0.15) is 19.8 Å². The Morgan fingerprint density at radius 2 is 1.74 bits per heavy atom. The summed E-state index contributed by atoms with van der Waals surface area (Å²) in [7, 11) is -0.942. The highest BCUT2D eigenvalue weighted by molar-refractivity contribution is 7.93. The summed E-state index contributed by atoms with van der Waals surface area (Å²) in [6.07, 6.45) is 1.58. The van der Waals surface area contributed by atoms with Gasteiger partial charge in [-0.15, -0.1) is 0 Å². The van der Waals surface area contributed by atoms with E-state index >= 15 is 0 Å². The fourth-order valence-electron chi connectivity index (χ4n) is 2.84. The largest absolute Gasteiger partial charge is 0.497 e. The summed E-state index contributed by atoms with van der Waals surface area (Å²) < 4.78 is 38.8. The number of ether oxygens (including phenoxy) is 2. The van der Waals surface area contributed by atoms with Crippen molar-refractivity contribution in [3.05, 3.63) is 42.5 Å². The molecule has 0 aromatic heterocycles. The van der Waals surface area contributed by atoms with E-state index in [0.717, 1.165) is 12.8 Å². The molecule has 0 heterocycles. The summed E-state index contributed by atoms with van der Waals surface area (Å²) in [6.45, 7) is 1.42. The molecular weight excluding hydrogens is 368 g/mol. The van der Waals surface area contributed by atoms with Crippen LogP contribution in [0.2, 0.25) is 0 Å². The zero-order valence-electron chi connectivity index (χ0n) is 15.4. The number of hydrogen-bond donors (Lipinski definition) is 1. The van der Waals surface area contributed by atoms with E-state index in [4.69, 9.17) is 9.47 Å². The summed E-state index contributed by atoms with van der Waals surface area (Å²) in [6, 6.07) is 11.3. The van der Waals surface area contributed by atoms with Crippen molar-refractivity contribution in [3.8, 4) is 11.5 Å². The first-order valence-corrected chi connectivity index (χ1v) is 9.95. The molecule has 7 nitrogen and oxygen atoms in total. The van der Waals surface area contributed by atoms with Gasteiger partial charge in [-0.1, -0.05) is 0 Å². The molecule has 1 amide bonds. The lowest BCUT2D eigenvalue weighted by Crippen LogP contribution is -2.33. The minimum atomic E-state index is -3.86. The summed E-state index contributed by atoms with van der Waals surface area (Å²) in [5.74, 6) is 0.512. The Kier molecular flexibility index (Phi) is 5.27. The molecule has 2 aromatic carbocycles. The molecule has 8 heteroatoms. The summed E-state index contributed by atoms with van der Waals surface area (Å²) >= 11 is 0. The molecule has 1 saturated carbocycles. The number of carbonyl (C=O) groups is 1. The molecular formula is C19H22N2O5S. The highest BCUT2D eigenvalue weighted by Crippen LogP contribution is 2.40. The maximum Gasteiger partial charge on any atom is 0.268 e. The van der Waals surface area contributed by atoms with Gasteiger partial charge in [0, 0.05) is 24.7 Å². The Bertz CT molecular complexity index is 937. The zero-order chi connectivity index (χ0) is 19.6. The van der Waals surface area contributed by atoms with E-state index in [2.05, 4.69) is 5.32 Å². The van der Waals surface area contributed by atoms with Gasteiger partial charge in [-0.25, -0.2) is 8.42 Å². The van der Waals surface area contributed by atoms with Gasteiger partial charge in [0.2, 0.25) is 5.91 Å². The molecule has 0 aliphatic heterocycles. The number of anilines is 2. The fourth-order valence-corrected chi connectivity index (χ4v) is 4.73. The molecule has 2 aromatic rings. The van der Waals surface area contributed by atoms with E-state index in [1.807, 2.05) is 0 Å². The van der Waals surface area contributed by atoms with Gasteiger partial charge in [0.1, 0.15) is 16.4 Å². The number of amides is 1. The molecule has 1 N–H and O–H groups in total. The third-order valence-corrected chi connectivity index (χ3v) is 6.13. The van der Waals surface area contributed by atoms with Gasteiger partial charge in [-0.2, -0.15) is 0 Å². The van der Waals surface area contributed by atoms with Crippen LogP contribution in [0.4, 0.5) is 11.4 Å². The van der Waals surface area contributed by atoms with Crippen molar-refractivity contribution in [2.45, 2.75) is 30.7 Å². The number of nitrogens with zero attached hydrogens (tertiary/aromatic N) is 1. The first-order valence-electron chi connectivity index (χ1n) is 8.51. The average Bonchev–Trinajstić information content (AvgIpc) is 3.47. The van der Waals surface area contributed by atoms with Crippen LogP contribution in [0.25, 0.3) is 0 Å². The van der Waals surface area contributed by atoms with Gasteiger partial charge in [0.25, 0.3) is 10.0 Å². The van der Waals surface area contributed by atoms with E-state index in [1.54, 1.807) is 36.4 Å². The van der Waals surface area contributed by atoms with Crippen LogP contribution in [-0.2, 0) is 14.8 Å². The Labute approximate surface area is 158 Å². The Morgan fingerprint density at radius 1 is 1.07 bits per heavy atom. The van der Waals surface area contributed by atoms with E-state index in [1.165, 1.54) is 31.5 Å². The molecule has 3 rings (SSSR count). The third kappa shape index (κ3) is 4.00. The van der Waals surface area contributed by atoms with Crippen LogP contribution in [0.5, 0.6) is 11.5 Å². The summed E-state index contributed by atoms with van der Waals surface area (Å²) in [5.41, 5.74) is 1.15. The van der Waals surface area contributed by atoms with Crippen LogP contribution < -0.4 is 19.1 Å². The molecule has 0 bridgehead atoms. The first kappa shape index (κ1) is 19.0. The van der Waals surface area contributed by atoms with Gasteiger partial charge in [-0.05, 0) is 49.2 Å². The van der Waals surface area contributed by atoms with Crippen molar-refractivity contribution >= 4 is 27.3 Å². The van der Waals surface area contributed by atoms with Gasteiger partial charge in [-0.3, -0.25) is 9.10 Å². The van der Waals surface area contributed by atoms with E-state index in [0.29, 0.717) is 17.1 Å². The number of carbonyl (C=O) groups excluding carboxylic acids is 1. The van der Waals surface area contributed by atoms with Crippen LogP contribution >= 0.6 is 0 Å². The van der Waals surface area contributed by atoms with E-state index in [9.17, 15) is 13.2 Å². The van der Waals surface area contributed by atoms with Crippen molar-refractivity contribution in [1.82, 2.24) is 0 Å². The fraction of sp³-hybridized carbons (Fsp3) is 0.316. The Balaban J connectivity index is 2.03. The number of methoxy groups -OCH3 is 2. The molecule has 0 radical (unpaired) electrons. The molecule has 1 fully saturated rings. The number of nitrogens with one attached hydrogen (secondary N) is 1. The van der Waals surface area contributed by atoms with Crippen LogP contribution in [0.15, 0.2) is 47.4 Å². The second-order valence-electron chi connectivity index (χ2n) is 6.28. The SMILES string of the molecule is COc1ccc(OC)c(S(=O)(=O)N(c2ccc(NC(C)=O)cc2)C2CC2)c1. The third-order valence-electron chi connectivity index (χ3n) is 4.23. The van der Waals surface area contributed by atoms with E-state index in [-0.39, 0.29) is 22.6 Å². The van der Waals surface area contributed by atoms with Gasteiger partial charge >= 0.3 is 0 Å². The molecule has 0 atom stereocenters. The van der Waals surface area contributed by atoms with E-state index < -0.39 is 10.0 Å². The molecule has 27 heavy (non-hydrogen) atoms. The molecule has 0 spiro atoms. The number of hydrogen-bond acceptors (Lipinski definition) is 5. The van der Waals surface area contributed by atoms with Crippen molar-refractivity contribution in [2.24, 2.45) is 0 Å². The monoisotopic (exact) mass is 390 g/mol. The second-order valence-corrected chi connectivity index (χ2v) is 8.06. The topological polar surface area (TPSA) is 84.9 Å². The van der Waals surface area contributed by atoms with Crippen molar-refractivity contribution < 1.29 is 22.7 Å². The van der Waals surface area contributed by atoms with Gasteiger partial charge in [0.05, 0.1) is 19.9 Å². The predicted molar refractivity (Wildman–Crippen MR) is 103 cm³/mol. The highest BCUT2D eigenvalue weighted by atomic mass is 32.2. The van der Waals surface area contributed by atoms with Gasteiger partial charge < -0.3 is 14.8 Å². The lowest BCUT2D eigenvalue weighted by molar-refractivity contribution is -0.114. The Hall–Kier alpha value is -2.74. The summed E-state index contributed by atoms with van der Waals surface area (Å²) in [5, 5.41) is 2.68. The Morgan fingerprint density at radius 3 is 2.26 bits per heavy atom. The lowest BCUT2D eigenvalue weighted by atomic mass is 10.2. The maximum atomic E-state index is 13.4. The standard InChI is InChI=1S/C19H22N2O5S/c1-13(22)20-14-4-6-15(7-5-14)21(16-8-9-16)27(23,24)19-12-17(25-2)10-11-18(19)26-3/h4-7,10-12,16H,8-9H2,1-3H3,(H,20,22). The predicted octanol–water partition coefficient (Wildman–Crippen LogP) is 3.02. The smallest absolute Gasteiger partial charge is 0.268 e. The average molecular weight is 390 g/mol. The minimum absolute atomic E-state index is 0.0576. The quantitative estimate of drug-likeness (QED) is 0.786. The molecule has 144 valence electrons. The van der Waals surface area contributed by atoms with Crippen LogP contribution in [0.3, 0.4) is 0 Å². The lowest BCUT2D eigenvalue weighted by Gasteiger charge is -2.25. The number of benzene rings is 2. The molecule has 1 aliphatic rings. The minimum Gasteiger partial charge on any atom is -0.497 e.